The summed E-state index contributed by atoms with van der Waals surface area (Å²) in [6.07, 6.45) is 9.43. The Bertz CT molecular complexity index is 525. The molecule has 0 aromatic carbocycles. The Balaban J connectivity index is 2.20. The van der Waals surface area contributed by atoms with Crippen LogP contribution in [0.25, 0.3) is 0 Å². The first kappa shape index (κ1) is 11.6. The number of rotatable bonds is 2. The molecular weight excluding hydrogens is 224 g/mol. The summed E-state index contributed by atoms with van der Waals surface area (Å²) in [6, 6.07) is 0. The zero-order valence-electron chi connectivity index (χ0n) is 10.9. The lowest BCUT2D eigenvalue weighted by atomic mass is 9.55. The van der Waals surface area contributed by atoms with E-state index in [2.05, 4.69) is 18.7 Å². The minimum absolute atomic E-state index is 0.123. The lowest BCUT2D eigenvalue weighted by Crippen LogP contribution is -2.50. The predicted octanol–water partition coefficient (Wildman–Crippen LogP) is 2.86. The van der Waals surface area contributed by atoms with Crippen LogP contribution in [0.1, 0.15) is 26.7 Å². The minimum atomic E-state index is -0.558. The molecule has 0 N–H and O–H groups in total. The van der Waals surface area contributed by atoms with Crippen molar-refractivity contribution in [3.8, 4) is 0 Å². The predicted molar refractivity (Wildman–Crippen MR) is 69.9 cm³/mol. The van der Waals surface area contributed by atoms with Crippen LogP contribution in [0.2, 0.25) is 0 Å². The normalized spacial score (nSPS) is 45.1. The maximum absolute atomic E-state index is 12.5. The average Bonchev–Trinajstić information content (AvgIpc) is 2.82. The highest BCUT2D eigenvalue weighted by Gasteiger charge is 2.67. The standard InChI is InChI=1S/C16H18O2/c1-4-6-16-7-5-11(9-16)13-14(18)10(2)8-12(17)15(13,16)3/h4-5,7-8,11,13H,1,6,9H2,2-3H3/t11-,13+,15-,16+/m0/s1. The molecule has 0 amide bonds. The number of ketones is 2. The van der Waals surface area contributed by atoms with E-state index in [0.717, 1.165) is 12.8 Å². The zero-order chi connectivity index (χ0) is 13.1. The lowest BCUT2D eigenvalue weighted by molar-refractivity contribution is -0.139. The van der Waals surface area contributed by atoms with Crippen molar-refractivity contribution in [1.29, 1.82) is 0 Å². The highest BCUT2D eigenvalue weighted by Crippen LogP contribution is 2.67. The van der Waals surface area contributed by atoms with Crippen molar-refractivity contribution in [3.05, 3.63) is 36.5 Å². The Labute approximate surface area is 107 Å². The fourth-order valence-electron chi connectivity index (χ4n) is 4.36. The monoisotopic (exact) mass is 242 g/mol. The maximum Gasteiger partial charge on any atom is 0.163 e. The number of fused-ring (bicyclic) bond motifs is 5. The SMILES string of the molecule is C=CC[C@@]12C=C[C@@H](C1)[C@@H]1C(=O)C(C)=CC(=O)[C@@]12C. The molecule has 94 valence electrons. The van der Waals surface area contributed by atoms with Crippen LogP contribution in [0, 0.1) is 22.7 Å². The van der Waals surface area contributed by atoms with Crippen molar-refractivity contribution in [2.24, 2.45) is 22.7 Å². The summed E-state index contributed by atoms with van der Waals surface area (Å²) < 4.78 is 0. The molecule has 1 saturated carbocycles. The van der Waals surface area contributed by atoms with Crippen LogP contribution in [0.4, 0.5) is 0 Å². The first-order chi connectivity index (χ1) is 8.46. The van der Waals surface area contributed by atoms with Crippen LogP contribution in [0.5, 0.6) is 0 Å². The summed E-state index contributed by atoms with van der Waals surface area (Å²) in [5.74, 6) is 0.366. The molecule has 0 saturated heterocycles. The van der Waals surface area contributed by atoms with Gasteiger partial charge in [-0.3, -0.25) is 9.59 Å². The number of hydrogen-bond donors (Lipinski definition) is 0. The van der Waals surface area contributed by atoms with Gasteiger partial charge in [0.25, 0.3) is 0 Å². The van der Waals surface area contributed by atoms with Crippen LogP contribution in [-0.2, 0) is 9.59 Å². The van der Waals surface area contributed by atoms with E-state index < -0.39 is 5.41 Å². The van der Waals surface area contributed by atoms with E-state index in [1.807, 2.05) is 13.0 Å². The van der Waals surface area contributed by atoms with Crippen LogP contribution >= 0.6 is 0 Å². The van der Waals surface area contributed by atoms with Crippen LogP contribution in [-0.4, -0.2) is 11.6 Å². The molecule has 3 aliphatic carbocycles. The van der Waals surface area contributed by atoms with Gasteiger partial charge in [-0.2, -0.15) is 0 Å². The first-order valence-corrected chi connectivity index (χ1v) is 6.53. The van der Waals surface area contributed by atoms with E-state index in [4.69, 9.17) is 0 Å². The topological polar surface area (TPSA) is 34.1 Å². The largest absolute Gasteiger partial charge is 0.294 e. The average molecular weight is 242 g/mol. The van der Waals surface area contributed by atoms with Crippen LogP contribution in [0.3, 0.4) is 0 Å². The summed E-state index contributed by atoms with van der Waals surface area (Å²) in [7, 11) is 0. The molecule has 18 heavy (non-hydrogen) atoms. The summed E-state index contributed by atoms with van der Waals surface area (Å²) in [4.78, 5) is 24.9. The quantitative estimate of drug-likeness (QED) is 0.698. The molecule has 0 aromatic rings. The van der Waals surface area contributed by atoms with Gasteiger partial charge in [-0.05, 0) is 37.3 Å². The van der Waals surface area contributed by atoms with Gasteiger partial charge in [-0.15, -0.1) is 6.58 Å². The van der Waals surface area contributed by atoms with Crippen LogP contribution in [0.15, 0.2) is 36.5 Å². The van der Waals surface area contributed by atoms with Gasteiger partial charge in [0.15, 0.2) is 11.6 Å². The summed E-state index contributed by atoms with van der Waals surface area (Å²) >= 11 is 0. The number of carbonyl (C=O) groups is 2. The molecule has 0 heterocycles. The van der Waals surface area contributed by atoms with E-state index in [-0.39, 0.29) is 28.8 Å². The van der Waals surface area contributed by atoms with Crippen molar-refractivity contribution in [2.45, 2.75) is 26.7 Å². The summed E-state index contributed by atoms with van der Waals surface area (Å²) in [6.45, 7) is 7.56. The molecule has 0 spiro atoms. The van der Waals surface area contributed by atoms with Gasteiger partial charge >= 0.3 is 0 Å². The summed E-state index contributed by atoms with van der Waals surface area (Å²) in [5.41, 5.74) is -0.122. The Hall–Kier alpha value is -1.44. The van der Waals surface area contributed by atoms with E-state index >= 15 is 0 Å². The van der Waals surface area contributed by atoms with Gasteiger partial charge < -0.3 is 0 Å². The molecule has 1 fully saturated rings. The molecule has 2 nitrogen and oxygen atoms in total. The molecule has 0 aliphatic heterocycles. The first-order valence-electron chi connectivity index (χ1n) is 6.53. The van der Waals surface area contributed by atoms with E-state index in [0.29, 0.717) is 5.57 Å². The van der Waals surface area contributed by atoms with E-state index in [1.165, 1.54) is 0 Å². The molecular formula is C16H18O2. The lowest BCUT2D eigenvalue weighted by Gasteiger charge is -2.45. The second-order valence-electron chi connectivity index (χ2n) is 6.11. The molecule has 2 bridgehead atoms. The number of allylic oxidation sites excluding steroid dienone is 5. The Morgan fingerprint density at radius 1 is 1.50 bits per heavy atom. The third kappa shape index (κ3) is 1.05. The number of Topliss-reactive ketones (excluding diaryl/α,β-unsaturated/α-hetero) is 1. The third-order valence-electron chi connectivity index (χ3n) is 5.39. The molecule has 0 radical (unpaired) electrons. The van der Waals surface area contributed by atoms with Gasteiger partial charge in [-0.25, -0.2) is 0 Å². The van der Waals surface area contributed by atoms with Gasteiger partial charge in [0.1, 0.15) is 0 Å². The van der Waals surface area contributed by atoms with Gasteiger partial charge in [0, 0.05) is 11.3 Å². The van der Waals surface area contributed by atoms with Crippen LogP contribution < -0.4 is 0 Å². The van der Waals surface area contributed by atoms with E-state index in [1.54, 1.807) is 13.0 Å². The van der Waals surface area contributed by atoms with Crippen molar-refractivity contribution < 1.29 is 9.59 Å². The van der Waals surface area contributed by atoms with Crippen molar-refractivity contribution in [2.75, 3.05) is 0 Å². The third-order valence-corrected chi connectivity index (χ3v) is 5.39. The number of carbonyl (C=O) groups excluding carboxylic acids is 2. The molecule has 4 atom stereocenters. The minimum Gasteiger partial charge on any atom is -0.294 e. The molecule has 0 unspecified atom stereocenters. The fourth-order valence-corrected chi connectivity index (χ4v) is 4.36. The van der Waals surface area contributed by atoms with E-state index in [9.17, 15) is 9.59 Å². The number of hydrogen-bond acceptors (Lipinski definition) is 2. The van der Waals surface area contributed by atoms with Crippen molar-refractivity contribution in [1.82, 2.24) is 0 Å². The van der Waals surface area contributed by atoms with Gasteiger partial charge in [-0.1, -0.05) is 25.2 Å². The highest BCUT2D eigenvalue weighted by molar-refractivity contribution is 6.13. The molecule has 3 aliphatic rings. The molecule has 3 rings (SSSR count). The maximum atomic E-state index is 12.5. The molecule has 2 heteroatoms. The summed E-state index contributed by atoms with van der Waals surface area (Å²) in [5, 5.41) is 0. The fraction of sp³-hybridized carbons (Fsp3) is 0.500. The van der Waals surface area contributed by atoms with Crippen molar-refractivity contribution >= 4 is 11.6 Å². The smallest absolute Gasteiger partial charge is 0.163 e. The Kier molecular flexibility index (Phi) is 2.14. The Morgan fingerprint density at radius 3 is 2.89 bits per heavy atom. The molecule has 0 aromatic heterocycles. The highest BCUT2D eigenvalue weighted by atomic mass is 16.1. The Morgan fingerprint density at radius 2 is 2.22 bits per heavy atom. The zero-order valence-corrected chi connectivity index (χ0v) is 10.9. The second-order valence-corrected chi connectivity index (χ2v) is 6.11. The second kappa shape index (κ2) is 3.31. The van der Waals surface area contributed by atoms with Gasteiger partial charge in [0.05, 0.1) is 5.41 Å². The van der Waals surface area contributed by atoms with Crippen molar-refractivity contribution in [3.63, 3.8) is 0 Å². The van der Waals surface area contributed by atoms with Gasteiger partial charge in [0.2, 0.25) is 0 Å².